The zero-order chi connectivity index (χ0) is 13.7. The first kappa shape index (κ1) is 14.0. The van der Waals surface area contributed by atoms with E-state index in [0.29, 0.717) is 19.7 Å². The molecule has 0 saturated carbocycles. The highest BCUT2D eigenvalue weighted by Gasteiger charge is 2.28. The number of morpholine rings is 1. The monoisotopic (exact) mass is 266 g/mol. The van der Waals surface area contributed by atoms with Crippen molar-refractivity contribution >= 4 is 5.91 Å². The minimum Gasteiger partial charge on any atom is -0.369 e. The predicted molar refractivity (Wildman–Crippen MR) is 69.8 cm³/mol. The van der Waals surface area contributed by atoms with Crippen LogP contribution in [0.15, 0.2) is 24.3 Å². The van der Waals surface area contributed by atoms with Crippen LogP contribution in [0.4, 0.5) is 4.39 Å². The molecule has 2 rings (SSSR count). The third-order valence-corrected chi connectivity index (χ3v) is 3.28. The first-order valence-corrected chi connectivity index (χ1v) is 6.52. The van der Waals surface area contributed by atoms with Crippen molar-refractivity contribution < 1.29 is 13.9 Å². The highest BCUT2D eigenvalue weighted by atomic mass is 19.1. The molecule has 1 heterocycles. The fraction of sp³-hybridized carbons (Fsp3) is 0.500. The Kier molecular flexibility index (Phi) is 4.87. The lowest BCUT2D eigenvalue weighted by Gasteiger charge is -2.35. The van der Waals surface area contributed by atoms with Gasteiger partial charge in [-0.15, -0.1) is 0 Å². The molecule has 1 aliphatic heterocycles. The van der Waals surface area contributed by atoms with Gasteiger partial charge in [-0.3, -0.25) is 4.79 Å². The van der Waals surface area contributed by atoms with Gasteiger partial charge in [-0.1, -0.05) is 12.1 Å². The average Bonchev–Trinajstić information content (AvgIpc) is 2.39. The Labute approximate surface area is 112 Å². The molecule has 2 N–H and O–H groups in total. The first-order valence-electron chi connectivity index (χ1n) is 6.52. The summed E-state index contributed by atoms with van der Waals surface area (Å²) < 4.78 is 18.5. The van der Waals surface area contributed by atoms with Gasteiger partial charge in [0, 0.05) is 6.54 Å². The number of hydrogen-bond acceptors (Lipinski definition) is 3. The van der Waals surface area contributed by atoms with Crippen LogP contribution in [-0.4, -0.2) is 36.6 Å². The lowest BCUT2D eigenvalue weighted by Crippen LogP contribution is -2.48. The van der Waals surface area contributed by atoms with Gasteiger partial charge in [-0.25, -0.2) is 4.39 Å². The van der Waals surface area contributed by atoms with Crippen LogP contribution in [-0.2, 0) is 16.1 Å². The summed E-state index contributed by atoms with van der Waals surface area (Å²) in [6.07, 6.45) is 1.67. The molecule has 1 aromatic carbocycles. The Bertz CT molecular complexity index is 439. The fourth-order valence-corrected chi connectivity index (χ4v) is 2.30. The van der Waals surface area contributed by atoms with E-state index in [1.165, 1.54) is 12.1 Å². The van der Waals surface area contributed by atoms with E-state index >= 15 is 0 Å². The molecule has 1 atom stereocenters. The molecule has 5 heteroatoms. The predicted octanol–water partition coefficient (Wildman–Crippen LogP) is 1.29. The summed E-state index contributed by atoms with van der Waals surface area (Å²) in [7, 11) is 0. The SMILES string of the molecule is NCCCC1COCC(=O)N1Cc1cccc(F)c1. The van der Waals surface area contributed by atoms with Crippen molar-refractivity contribution in [3.8, 4) is 0 Å². The van der Waals surface area contributed by atoms with E-state index in [2.05, 4.69) is 0 Å². The fourth-order valence-electron chi connectivity index (χ4n) is 2.30. The number of ether oxygens (including phenoxy) is 1. The number of benzene rings is 1. The molecular formula is C14H19FN2O2. The molecule has 0 spiro atoms. The number of carbonyl (C=O) groups is 1. The Hall–Kier alpha value is -1.46. The molecule has 19 heavy (non-hydrogen) atoms. The summed E-state index contributed by atoms with van der Waals surface area (Å²) in [5, 5.41) is 0. The van der Waals surface area contributed by atoms with Gasteiger partial charge in [0.15, 0.2) is 0 Å². The van der Waals surface area contributed by atoms with Crippen LogP contribution in [0.2, 0.25) is 0 Å². The summed E-state index contributed by atoms with van der Waals surface area (Å²) in [4.78, 5) is 13.7. The number of nitrogens with two attached hydrogens (primary N) is 1. The molecule has 1 amide bonds. The van der Waals surface area contributed by atoms with Crippen molar-refractivity contribution in [3.05, 3.63) is 35.6 Å². The number of carbonyl (C=O) groups excluding carboxylic acids is 1. The summed E-state index contributed by atoms with van der Waals surface area (Å²) in [6, 6.07) is 6.38. The topological polar surface area (TPSA) is 55.6 Å². The molecule has 4 nitrogen and oxygen atoms in total. The van der Waals surface area contributed by atoms with E-state index in [0.717, 1.165) is 18.4 Å². The summed E-state index contributed by atoms with van der Waals surface area (Å²) >= 11 is 0. The number of nitrogens with zero attached hydrogens (tertiary/aromatic N) is 1. The second kappa shape index (κ2) is 6.63. The van der Waals surface area contributed by atoms with Gasteiger partial charge in [-0.05, 0) is 37.1 Å². The van der Waals surface area contributed by atoms with E-state index in [4.69, 9.17) is 10.5 Å². The minimum absolute atomic E-state index is 0.0352. The zero-order valence-electron chi connectivity index (χ0n) is 10.8. The van der Waals surface area contributed by atoms with Crippen molar-refractivity contribution in [2.24, 2.45) is 5.73 Å². The molecular weight excluding hydrogens is 247 g/mol. The van der Waals surface area contributed by atoms with Crippen LogP contribution in [0.25, 0.3) is 0 Å². The standard InChI is InChI=1S/C14H19FN2O2/c15-12-4-1-3-11(7-12)8-17-13(5-2-6-16)9-19-10-14(17)18/h1,3-4,7,13H,2,5-6,8-10,16H2. The largest absolute Gasteiger partial charge is 0.369 e. The van der Waals surface area contributed by atoms with Gasteiger partial charge in [0.05, 0.1) is 12.6 Å². The van der Waals surface area contributed by atoms with Gasteiger partial charge in [0.2, 0.25) is 5.91 Å². The molecule has 0 aliphatic carbocycles. The third kappa shape index (κ3) is 3.75. The highest BCUT2D eigenvalue weighted by Crippen LogP contribution is 2.17. The maximum atomic E-state index is 13.2. The summed E-state index contributed by atoms with van der Waals surface area (Å²) in [6.45, 7) is 1.66. The molecule has 0 bridgehead atoms. The summed E-state index contributed by atoms with van der Waals surface area (Å²) in [5.41, 5.74) is 6.30. The number of amides is 1. The zero-order valence-corrected chi connectivity index (χ0v) is 10.8. The van der Waals surface area contributed by atoms with E-state index in [9.17, 15) is 9.18 Å². The van der Waals surface area contributed by atoms with Crippen molar-refractivity contribution in [1.29, 1.82) is 0 Å². The normalized spacial score (nSPS) is 19.8. The molecule has 1 unspecified atom stereocenters. The Balaban J connectivity index is 2.06. The smallest absolute Gasteiger partial charge is 0.249 e. The summed E-state index contributed by atoms with van der Waals surface area (Å²) in [5.74, 6) is -0.325. The van der Waals surface area contributed by atoms with Gasteiger partial charge in [-0.2, -0.15) is 0 Å². The van der Waals surface area contributed by atoms with E-state index < -0.39 is 0 Å². The van der Waals surface area contributed by atoms with E-state index in [-0.39, 0.29) is 24.4 Å². The molecule has 1 aromatic rings. The van der Waals surface area contributed by atoms with Gasteiger partial charge in [0.25, 0.3) is 0 Å². The number of halogens is 1. The quantitative estimate of drug-likeness (QED) is 0.873. The minimum atomic E-state index is -0.281. The third-order valence-electron chi connectivity index (χ3n) is 3.28. The second-order valence-electron chi connectivity index (χ2n) is 4.75. The Morgan fingerprint density at radius 2 is 2.32 bits per heavy atom. The van der Waals surface area contributed by atoms with Gasteiger partial charge < -0.3 is 15.4 Å². The molecule has 0 aromatic heterocycles. The van der Waals surface area contributed by atoms with Crippen LogP contribution in [0.5, 0.6) is 0 Å². The first-order chi connectivity index (χ1) is 9.20. The lowest BCUT2D eigenvalue weighted by molar-refractivity contribution is -0.149. The van der Waals surface area contributed by atoms with Crippen LogP contribution in [0, 0.1) is 5.82 Å². The van der Waals surface area contributed by atoms with E-state index in [1.54, 1.807) is 11.0 Å². The van der Waals surface area contributed by atoms with Crippen molar-refractivity contribution in [3.63, 3.8) is 0 Å². The highest BCUT2D eigenvalue weighted by molar-refractivity contribution is 5.78. The molecule has 1 aliphatic rings. The number of rotatable bonds is 5. The lowest BCUT2D eigenvalue weighted by atomic mass is 10.1. The van der Waals surface area contributed by atoms with E-state index in [1.807, 2.05) is 6.07 Å². The second-order valence-corrected chi connectivity index (χ2v) is 4.75. The maximum absolute atomic E-state index is 13.2. The number of hydrogen-bond donors (Lipinski definition) is 1. The van der Waals surface area contributed by atoms with Crippen LogP contribution >= 0.6 is 0 Å². The van der Waals surface area contributed by atoms with Crippen LogP contribution < -0.4 is 5.73 Å². The van der Waals surface area contributed by atoms with Crippen molar-refractivity contribution in [2.75, 3.05) is 19.8 Å². The van der Waals surface area contributed by atoms with Gasteiger partial charge >= 0.3 is 0 Å². The van der Waals surface area contributed by atoms with Crippen LogP contribution in [0.3, 0.4) is 0 Å². The molecule has 104 valence electrons. The molecule has 1 fully saturated rings. The van der Waals surface area contributed by atoms with Crippen LogP contribution in [0.1, 0.15) is 18.4 Å². The molecule has 1 saturated heterocycles. The van der Waals surface area contributed by atoms with Gasteiger partial charge in [0.1, 0.15) is 12.4 Å². The Morgan fingerprint density at radius 1 is 1.47 bits per heavy atom. The maximum Gasteiger partial charge on any atom is 0.249 e. The Morgan fingerprint density at radius 3 is 3.05 bits per heavy atom. The van der Waals surface area contributed by atoms with Crippen molar-refractivity contribution in [2.45, 2.75) is 25.4 Å². The molecule has 0 radical (unpaired) electrons. The average molecular weight is 266 g/mol. The van der Waals surface area contributed by atoms with Crippen molar-refractivity contribution in [1.82, 2.24) is 4.90 Å².